The van der Waals surface area contributed by atoms with Gasteiger partial charge in [-0.1, -0.05) is 0 Å². The molecular formula is C14H21B2FN2O2. The number of amides is 2. The Hall–Kier alpha value is -1.65. The van der Waals surface area contributed by atoms with E-state index in [1.54, 1.807) is 17.0 Å². The number of hydrogen-bond donors (Lipinski definition) is 1. The molecule has 1 aliphatic rings. The molecule has 0 saturated carbocycles. The van der Waals surface area contributed by atoms with Crippen LogP contribution in [0.1, 0.15) is 26.2 Å². The van der Waals surface area contributed by atoms with Crippen LogP contribution in [0.2, 0.25) is 0 Å². The van der Waals surface area contributed by atoms with Crippen LogP contribution in [0.15, 0.2) is 18.2 Å². The molecule has 0 atom stereocenters. The topological polar surface area (TPSA) is 41.6 Å². The Bertz CT molecular complexity index is 514. The lowest BCUT2D eigenvalue weighted by atomic mass is 9.67. The molecule has 112 valence electrons. The highest BCUT2D eigenvalue weighted by Gasteiger charge is 2.18. The largest absolute Gasteiger partial charge is 0.503 e. The molecule has 0 spiro atoms. The SMILES string of the molecule is BC(B)(C)Oc1ccc(NC(=O)N2CCCCC2)cc1F. The summed E-state index contributed by atoms with van der Waals surface area (Å²) in [6.45, 7) is 3.39. The highest BCUT2D eigenvalue weighted by Crippen LogP contribution is 2.24. The lowest BCUT2D eigenvalue weighted by Crippen LogP contribution is -2.38. The Morgan fingerprint density at radius 1 is 1.33 bits per heavy atom. The van der Waals surface area contributed by atoms with Crippen molar-refractivity contribution < 1.29 is 13.9 Å². The molecule has 1 aromatic carbocycles. The van der Waals surface area contributed by atoms with Gasteiger partial charge in [0, 0.05) is 30.2 Å². The van der Waals surface area contributed by atoms with Crippen LogP contribution in [0.25, 0.3) is 0 Å². The smallest absolute Gasteiger partial charge is 0.321 e. The summed E-state index contributed by atoms with van der Waals surface area (Å²) in [6.07, 6.45) is 3.22. The summed E-state index contributed by atoms with van der Waals surface area (Å²) in [4.78, 5) is 13.8. The number of ether oxygens (including phenoxy) is 1. The minimum absolute atomic E-state index is 0.168. The van der Waals surface area contributed by atoms with Gasteiger partial charge in [0.2, 0.25) is 0 Å². The van der Waals surface area contributed by atoms with Crippen LogP contribution in [0.4, 0.5) is 14.9 Å². The number of piperidine rings is 1. The number of urea groups is 1. The van der Waals surface area contributed by atoms with E-state index in [1.807, 2.05) is 22.6 Å². The van der Waals surface area contributed by atoms with Gasteiger partial charge in [0.1, 0.15) is 15.7 Å². The maximum Gasteiger partial charge on any atom is 0.321 e. The van der Waals surface area contributed by atoms with Gasteiger partial charge in [0.25, 0.3) is 0 Å². The molecule has 1 aromatic rings. The number of likely N-dealkylation sites (tertiary alicyclic amines) is 1. The summed E-state index contributed by atoms with van der Waals surface area (Å²) in [7, 11) is 3.72. The zero-order valence-corrected chi connectivity index (χ0v) is 12.9. The number of hydrogen-bond acceptors (Lipinski definition) is 2. The molecule has 4 nitrogen and oxygen atoms in total. The number of rotatable bonds is 3. The van der Waals surface area contributed by atoms with Gasteiger partial charge < -0.3 is 15.0 Å². The van der Waals surface area contributed by atoms with E-state index >= 15 is 0 Å². The number of carbonyl (C=O) groups excluding carboxylic acids is 1. The molecule has 21 heavy (non-hydrogen) atoms. The first-order valence-corrected chi connectivity index (χ1v) is 7.40. The molecule has 2 rings (SSSR count). The highest BCUT2D eigenvalue weighted by molar-refractivity contribution is 6.38. The molecular weight excluding hydrogens is 269 g/mol. The third kappa shape index (κ3) is 4.69. The minimum atomic E-state index is -0.471. The van der Waals surface area contributed by atoms with Crippen LogP contribution in [0.5, 0.6) is 5.75 Å². The van der Waals surface area contributed by atoms with Crippen molar-refractivity contribution in [1.82, 2.24) is 4.90 Å². The van der Waals surface area contributed by atoms with Crippen molar-refractivity contribution in [2.75, 3.05) is 18.4 Å². The van der Waals surface area contributed by atoms with Crippen LogP contribution in [0, 0.1) is 5.82 Å². The van der Waals surface area contributed by atoms with Crippen LogP contribution in [0.3, 0.4) is 0 Å². The zero-order chi connectivity index (χ0) is 15.5. The Labute approximate surface area is 126 Å². The van der Waals surface area contributed by atoms with Crippen LogP contribution < -0.4 is 10.1 Å². The standard InChI is InChI=1S/C14H21B2FN2O2/c1-14(15,16)21-12-6-5-10(9-11(12)17)18-13(20)19-7-3-2-4-8-19/h5-6,9H,2-4,7-8,15-16H2,1H3,(H,18,20). The van der Waals surface area contributed by atoms with Crippen LogP contribution in [-0.2, 0) is 0 Å². The summed E-state index contributed by atoms with van der Waals surface area (Å²) in [5.74, 6) is -0.278. The van der Waals surface area contributed by atoms with Crippen molar-refractivity contribution in [2.24, 2.45) is 0 Å². The number of halogens is 1. The van der Waals surface area contributed by atoms with Gasteiger partial charge in [-0.15, -0.1) is 0 Å². The summed E-state index contributed by atoms with van der Waals surface area (Å²) < 4.78 is 19.5. The van der Waals surface area contributed by atoms with Crippen LogP contribution >= 0.6 is 0 Å². The Morgan fingerprint density at radius 2 is 2.00 bits per heavy atom. The van der Waals surface area contributed by atoms with Gasteiger partial charge in [-0.3, -0.25) is 0 Å². The van der Waals surface area contributed by atoms with Gasteiger partial charge in [-0.25, -0.2) is 9.18 Å². The minimum Gasteiger partial charge on any atom is -0.503 e. The normalized spacial score (nSPS) is 15.6. The summed E-state index contributed by atoms with van der Waals surface area (Å²) in [6, 6.07) is 4.33. The number of benzene rings is 1. The Morgan fingerprint density at radius 3 is 2.57 bits per heavy atom. The van der Waals surface area contributed by atoms with E-state index in [4.69, 9.17) is 4.74 Å². The van der Waals surface area contributed by atoms with Crippen molar-refractivity contribution in [3.8, 4) is 5.75 Å². The predicted octanol–water partition coefficient (Wildman–Crippen LogP) is 1.16. The molecule has 0 radical (unpaired) electrons. The molecule has 0 aliphatic carbocycles. The molecule has 1 aliphatic heterocycles. The van der Waals surface area contributed by atoms with E-state index < -0.39 is 11.2 Å². The Balaban J connectivity index is 2.01. The number of nitrogens with one attached hydrogen (secondary N) is 1. The monoisotopic (exact) mass is 290 g/mol. The lowest BCUT2D eigenvalue weighted by molar-refractivity contribution is 0.200. The van der Waals surface area contributed by atoms with Gasteiger partial charge >= 0.3 is 6.03 Å². The fourth-order valence-corrected chi connectivity index (χ4v) is 2.29. The zero-order valence-electron chi connectivity index (χ0n) is 12.9. The first-order valence-electron chi connectivity index (χ1n) is 7.40. The maximum atomic E-state index is 14.0. The molecule has 0 bridgehead atoms. The van der Waals surface area contributed by atoms with E-state index in [2.05, 4.69) is 5.32 Å². The number of anilines is 1. The first kappa shape index (κ1) is 15.7. The van der Waals surface area contributed by atoms with Crippen LogP contribution in [-0.4, -0.2) is 45.1 Å². The van der Waals surface area contributed by atoms with Gasteiger partial charge in [-0.05, 0) is 38.3 Å². The van der Waals surface area contributed by atoms with Crippen molar-refractivity contribution >= 4 is 27.4 Å². The molecule has 2 amide bonds. The average Bonchev–Trinajstić information content (AvgIpc) is 2.41. The second-order valence-electron chi connectivity index (χ2n) is 6.34. The van der Waals surface area contributed by atoms with E-state index in [-0.39, 0.29) is 11.8 Å². The highest BCUT2D eigenvalue weighted by atomic mass is 19.1. The molecule has 7 heteroatoms. The third-order valence-electron chi connectivity index (χ3n) is 3.24. The predicted molar refractivity (Wildman–Crippen MR) is 87.0 cm³/mol. The van der Waals surface area contributed by atoms with E-state index in [9.17, 15) is 9.18 Å². The van der Waals surface area contributed by atoms with Crippen molar-refractivity contribution in [3.05, 3.63) is 24.0 Å². The summed E-state index contributed by atoms with van der Waals surface area (Å²) in [5.41, 5.74) is 0.448. The number of carbonyl (C=O) groups is 1. The van der Waals surface area contributed by atoms with Crippen molar-refractivity contribution in [1.29, 1.82) is 0 Å². The lowest BCUT2D eigenvalue weighted by Gasteiger charge is -2.27. The summed E-state index contributed by atoms with van der Waals surface area (Å²) in [5, 5.41) is 2.28. The second kappa shape index (κ2) is 6.41. The summed E-state index contributed by atoms with van der Waals surface area (Å²) >= 11 is 0. The molecule has 1 saturated heterocycles. The first-order chi connectivity index (χ1) is 9.85. The fourth-order valence-electron chi connectivity index (χ4n) is 2.29. The third-order valence-corrected chi connectivity index (χ3v) is 3.24. The molecule has 1 heterocycles. The van der Waals surface area contributed by atoms with Gasteiger partial charge in [0.15, 0.2) is 11.6 Å². The molecule has 0 aromatic heterocycles. The molecule has 1 fully saturated rings. The van der Waals surface area contributed by atoms with E-state index in [1.165, 1.54) is 6.07 Å². The van der Waals surface area contributed by atoms with E-state index in [0.29, 0.717) is 5.69 Å². The molecule has 0 unspecified atom stereocenters. The number of nitrogens with zero attached hydrogens (tertiary/aromatic N) is 1. The fraction of sp³-hybridized carbons (Fsp3) is 0.500. The maximum absolute atomic E-state index is 14.0. The molecule has 1 N–H and O–H groups in total. The van der Waals surface area contributed by atoms with Gasteiger partial charge in [0.05, 0.1) is 0 Å². The van der Waals surface area contributed by atoms with Gasteiger partial charge in [-0.2, -0.15) is 0 Å². The quantitative estimate of drug-likeness (QED) is 0.849. The second-order valence-corrected chi connectivity index (χ2v) is 6.34. The van der Waals surface area contributed by atoms with E-state index in [0.717, 1.165) is 32.4 Å². The van der Waals surface area contributed by atoms with Crippen molar-refractivity contribution in [2.45, 2.75) is 31.6 Å². The Kier molecular flexibility index (Phi) is 4.80. The van der Waals surface area contributed by atoms with Crippen molar-refractivity contribution in [3.63, 3.8) is 0 Å². The average molecular weight is 290 g/mol.